The standard InChI is InChI=1S/C23H34N2O3/c1-18-3-2-10-24(15-18)16-21-14-23(17-28-21)8-11-25(12-9-23)22(27)13-19-4-6-20(26)7-5-19/h4-7,18,21,26H,2-3,8-17H2,1H3/t18-,21+/m0/s1. The molecule has 3 heterocycles. The van der Waals surface area contributed by atoms with Gasteiger partial charge >= 0.3 is 0 Å². The van der Waals surface area contributed by atoms with Crippen LogP contribution in [0.15, 0.2) is 24.3 Å². The number of hydrogen-bond acceptors (Lipinski definition) is 4. The predicted octanol–water partition coefficient (Wildman–Crippen LogP) is 3.06. The summed E-state index contributed by atoms with van der Waals surface area (Å²) in [5.74, 6) is 1.25. The Kier molecular flexibility index (Phi) is 5.93. The fourth-order valence-corrected chi connectivity index (χ4v) is 5.23. The number of nitrogens with zero attached hydrogens (tertiary/aromatic N) is 2. The van der Waals surface area contributed by atoms with E-state index in [0.29, 0.717) is 12.5 Å². The van der Waals surface area contributed by atoms with Gasteiger partial charge in [-0.3, -0.25) is 4.79 Å². The smallest absolute Gasteiger partial charge is 0.226 e. The largest absolute Gasteiger partial charge is 0.508 e. The molecule has 2 atom stereocenters. The van der Waals surface area contributed by atoms with Gasteiger partial charge in [0, 0.05) is 26.2 Å². The predicted molar refractivity (Wildman–Crippen MR) is 109 cm³/mol. The molecule has 28 heavy (non-hydrogen) atoms. The van der Waals surface area contributed by atoms with Crippen molar-refractivity contribution >= 4 is 5.91 Å². The van der Waals surface area contributed by atoms with Crippen LogP contribution in [-0.4, -0.2) is 66.2 Å². The Hall–Kier alpha value is -1.59. The van der Waals surface area contributed by atoms with Crippen molar-refractivity contribution in [3.8, 4) is 5.75 Å². The molecule has 3 fully saturated rings. The van der Waals surface area contributed by atoms with E-state index in [1.165, 1.54) is 25.9 Å². The molecule has 1 aromatic rings. The summed E-state index contributed by atoms with van der Waals surface area (Å²) in [5, 5.41) is 9.38. The maximum absolute atomic E-state index is 12.6. The van der Waals surface area contributed by atoms with E-state index >= 15 is 0 Å². The number of piperidine rings is 2. The maximum atomic E-state index is 12.6. The van der Waals surface area contributed by atoms with E-state index in [1.54, 1.807) is 12.1 Å². The first-order chi connectivity index (χ1) is 13.5. The highest BCUT2D eigenvalue weighted by molar-refractivity contribution is 5.78. The summed E-state index contributed by atoms with van der Waals surface area (Å²) in [7, 11) is 0. The molecule has 0 radical (unpaired) electrons. The van der Waals surface area contributed by atoms with Crippen LogP contribution in [0, 0.1) is 11.3 Å². The van der Waals surface area contributed by atoms with Crippen molar-refractivity contribution in [2.24, 2.45) is 11.3 Å². The lowest BCUT2D eigenvalue weighted by Gasteiger charge is -2.39. The van der Waals surface area contributed by atoms with Crippen molar-refractivity contribution < 1.29 is 14.6 Å². The molecular formula is C23H34N2O3. The van der Waals surface area contributed by atoms with E-state index in [9.17, 15) is 9.90 Å². The summed E-state index contributed by atoms with van der Waals surface area (Å²) in [6, 6.07) is 6.95. The molecule has 5 heteroatoms. The molecule has 5 nitrogen and oxygen atoms in total. The highest BCUT2D eigenvalue weighted by Gasteiger charge is 2.43. The minimum atomic E-state index is 0.193. The van der Waals surface area contributed by atoms with Crippen LogP contribution in [0.25, 0.3) is 0 Å². The van der Waals surface area contributed by atoms with Gasteiger partial charge in [-0.25, -0.2) is 0 Å². The van der Waals surface area contributed by atoms with Crippen molar-refractivity contribution in [2.45, 2.75) is 51.6 Å². The van der Waals surface area contributed by atoms with E-state index in [0.717, 1.165) is 57.0 Å². The molecule has 0 aliphatic carbocycles. The van der Waals surface area contributed by atoms with Gasteiger partial charge in [-0.15, -0.1) is 0 Å². The number of ether oxygens (including phenoxy) is 1. The number of carbonyl (C=O) groups excluding carboxylic acids is 1. The highest BCUT2D eigenvalue weighted by Crippen LogP contribution is 2.42. The Labute approximate surface area is 168 Å². The molecule has 1 spiro atoms. The molecule has 0 unspecified atom stereocenters. The summed E-state index contributed by atoms with van der Waals surface area (Å²) in [5.41, 5.74) is 1.24. The zero-order chi connectivity index (χ0) is 19.6. The van der Waals surface area contributed by atoms with Gasteiger partial charge in [-0.2, -0.15) is 0 Å². The monoisotopic (exact) mass is 386 g/mol. The molecule has 3 aliphatic heterocycles. The second-order valence-electron chi connectivity index (χ2n) is 9.37. The van der Waals surface area contributed by atoms with Crippen molar-refractivity contribution in [1.29, 1.82) is 0 Å². The van der Waals surface area contributed by atoms with E-state index in [1.807, 2.05) is 17.0 Å². The van der Waals surface area contributed by atoms with Gasteiger partial charge < -0.3 is 19.6 Å². The Bertz CT molecular complexity index is 667. The second-order valence-corrected chi connectivity index (χ2v) is 9.37. The van der Waals surface area contributed by atoms with E-state index in [4.69, 9.17) is 4.74 Å². The Morgan fingerprint density at radius 1 is 1.21 bits per heavy atom. The molecule has 1 amide bonds. The van der Waals surface area contributed by atoms with Crippen LogP contribution in [0.5, 0.6) is 5.75 Å². The van der Waals surface area contributed by atoms with Crippen LogP contribution >= 0.6 is 0 Å². The number of amides is 1. The molecule has 154 valence electrons. The highest BCUT2D eigenvalue weighted by atomic mass is 16.5. The molecule has 3 saturated heterocycles. The van der Waals surface area contributed by atoms with Gasteiger partial charge in [0.25, 0.3) is 0 Å². The van der Waals surface area contributed by atoms with Crippen molar-refractivity contribution in [2.75, 3.05) is 39.3 Å². The topological polar surface area (TPSA) is 53.0 Å². The van der Waals surface area contributed by atoms with Gasteiger partial charge in [0.1, 0.15) is 5.75 Å². The third kappa shape index (κ3) is 4.69. The van der Waals surface area contributed by atoms with E-state index in [2.05, 4.69) is 11.8 Å². The molecule has 0 aromatic heterocycles. The van der Waals surface area contributed by atoms with Crippen LogP contribution in [0.4, 0.5) is 0 Å². The third-order valence-corrected chi connectivity index (χ3v) is 6.96. The van der Waals surface area contributed by atoms with Crippen LogP contribution in [-0.2, 0) is 16.0 Å². The zero-order valence-electron chi connectivity index (χ0n) is 17.1. The summed E-state index contributed by atoms with van der Waals surface area (Å²) in [6.45, 7) is 8.41. The third-order valence-electron chi connectivity index (χ3n) is 6.96. The average Bonchev–Trinajstić information content (AvgIpc) is 3.06. The van der Waals surface area contributed by atoms with Crippen molar-refractivity contribution in [3.63, 3.8) is 0 Å². The molecule has 4 rings (SSSR count). The Balaban J connectivity index is 1.24. The minimum absolute atomic E-state index is 0.193. The fourth-order valence-electron chi connectivity index (χ4n) is 5.23. The fraction of sp³-hybridized carbons (Fsp3) is 0.696. The number of aromatic hydroxyl groups is 1. The second kappa shape index (κ2) is 8.42. The Morgan fingerprint density at radius 2 is 1.96 bits per heavy atom. The average molecular weight is 387 g/mol. The molecule has 0 bridgehead atoms. The number of hydrogen-bond donors (Lipinski definition) is 1. The van der Waals surface area contributed by atoms with Gasteiger partial charge in [-0.1, -0.05) is 19.1 Å². The van der Waals surface area contributed by atoms with Gasteiger partial charge in [-0.05, 0) is 67.7 Å². The SMILES string of the molecule is C[C@H]1CCCN(C[C@H]2CC3(CCN(C(=O)Cc4ccc(O)cc4)CC3)CO2)C1. The first-order valence-electron chi connectivity index (χ1n) is 10.9. The number of carbonyl (C=O) groups is 1. The quantitative estimate of drug-likeness (QED) is 0.864. The number of likely N-dealkylation sites (tertiary alicyclic amines) is 2. The summed E-state index contributed by atoms with van der Waals surface area (Å²) < 4.78 is 6.22. The van der Waals surface area contributed by atoms with E-state index in [-0.39, 0.29) is 17.1 Å². The minimum Gasteiger partial charge on any atom is -0.508 e. The first-order valence-corrected chi connectivity index (χ1v) is 10.9. The maximum Gasteiger partial charge on any atom is 0.226 e. The van der Waals surface area contributed by atoms with Gasteiger partial charge in [0.05, 0.1) is 19.1 Å². The van der Waals surface area contributed by atoms with Crippen LogP contribution in [0.2, 0.25) is 0 Å². The Morgan fingerprint density at radius 3 is 2.68 bits per heavy atom. The van der Waals surface area contributed by atoms with Crippen LogP contribution in [0.3, 0.4) is 0 Å². The van der Waals surface area contributed by atoms with Gasteiger partial charge in [0.2, 0.25) is 5.91 Å². The zero-order valence-corrected chi connectivity index (χ0v) is 17.1. The normalized spacial score (nSPS) is 28.0. The number of phenols is 1. The molecule has 0 saturated carbocycles. The number of benzene rings is 1. The first kappa shape index (κ1) is 19.7. The summed E-state index contributed by atoms with van der Waals surface area (Å²) >= 11 is 0. The number of phenolic OH excluding ortho intramolecular Hbond substituents is 1. The summed E-state index contributed by atoms with van der Waals surface area (Å²) in [4.78, 5) is 17.2. The lowest BCUT2D eigenvalue weighted by molar-refractivity contribution is -0.132. The van der Waals surface area contributed by atoms with Crippen molar-refractivity contribution in [1.82, 2.24) is 9.80 Å². The molecule has 1 aromatic carbocycles. The van der Waals surface area contributed by atoms with E-state index < -0.39 is 0 Å². The summed E-state index contributed by atoms with van der Waals surface area (Å²) in [6.07, 6.45) is 6.72. The molecule has 3 aliphatic rings. The van der Waals surface area contributed by atoms with Crippen LogP contribution < -0.4 is 0 Å². The molecular weight excluding hydrogens is 352 g/mol. The molecule has 1 N–H and O–H groups in total. The number of rotatable bonds is 4. The lowest BCUT2D eigenvalue weighted by atomic mass is 9.76. The van der Waals surface area contributed by atoms with Crippen molar-refractivity contribution in [3.05, 3.63) is 29.8 Å². The van der Waals surface area contributed by atoms with Crippen LogP contribution in [0.1, 0.15) is 44.6 Å². The van der Waals surface area contributed by atoms with Gasteiger partial charge in [0.15, 0.2) is 0 Å². The lowest BCUT2D eigenvalue weighted by Crippen LogP contribution is -2.44.